The second-order valence-corrected chi connectivity index (χ2v) is 11.9. The maximum absolute atomic E-state index is 13.9. The monoisotopic (exact) mass is 555 g/mol. The van der Waals surface area contributed by atoms with Crippen LogP contribution in [0.3, 0.4) is 0 Å². The maximum Gasteiger partial charge on any atom is 0.264 e. The minimum Gasteiger partial charge on any atom is -0.354 e. The predicted octanol–water partition coefficient (Wildman–Crippen LogP) is 5.03. The second-order valence-electron chi connectivity index (χ2n) is 9.58. The molecule has 1 atom stereocenters. The van der Waals surface area contributed by atoms with Gasteiger partial charge in [0.1, 0.15) is 12.6 Å². The summed E-state index contributed by atoms with van der Waals surface area (Å²) in [4.78, 5) is 28.4. The van der Waals surface area contributed by atoms with E-state index in [1.807, 2.05) is 19.9 Å². The van der Waals surface area contributed by atoms with Crippen LogP contribution in [-0.2, 0) is 26.2 Å². The Hall–Kier alpha value is -3.36. The van der Waals surface area contributed by atoms with Crippen molar-refractivity contribution in [3.63, 3.8) is 0 Å². The number of sulfonamides is 1. The largest absolute Gasteiger partial charge is 0.354 e. The average molecular weight is 556 g/mol. The number of anilines is 1. The summed E-state index contributed by atoms with van der Waals surface area (Å²) in [5, 5.41) is 3.37. The first-order chi connectivity index (χ1) is 18.0. The number of rotatable bonds is 11. The number of carbonyl (C=O) groups is 2. The van der Waals surface area contributed by atoms with Gasteiger partial charge in [0.15, 0.2) is 0 Å². The standard InChI is InChI=1S/C29H34ClN3O4S/c1-21(2)18-31-29(35)23(4)32(19-24-12-10-13-25(30)17-24)28(34)20-33(27-16-9-8-11-22(27)3)38(36,37)26-14-6-5-7-15-26/h5-17,21,23H,18-20H2,1-4H3,(H,31,35)/t23-/m1/s1. The topological polar surface area (TPSA) is 86.8 Å². The summed E-state index contributed by atoms with van der Waals surface area (Å²) in [6.07, 6.45) is 0. The third kappa shape index (κ3) is 7.36. The van der Waals surface area contributed by atoms with Gasteiger partial charge in [-0.2, -0.15) is 0 Å². The number of amides is 2. The lowest BCUT2D eigenvalue weighted by Crippen LogP contribution is -2.51. The molecule has 3 rings (SSSR count). The third-order valence-electron chi connectivity index (χ3n) is 6.09. The van der Waals surface area contributed by atoms with Crippen molar-refractivity contribution in [1.29, 1.82) is 0 Å². The number of halogens is 1. The fourth-order valence-electron chi connectivity index (χ4n) is 3.94. The number of hydrogen-bond donors (Lipinski definition) is 1. The molecule has 9 heteroatoms. The van der Waals surface area contributed by atoms with Gasteiger partial charge in [-0.15, -0.1) is 0 Å². The number of benzene rings is 3. The molecule has 0 aliphatic carbocycles. The first kappa shape index (κ1) is 29.2. The van der Waals surface area contributed by atoms with E-state index in [0.29, 0.717) is 22.8 Å². The number of para-hydroxylation sites is 1. The Bertz CT molecular complexity index is 1360. The highest BCUT2D eigenvalue weighted by atomic mass is 35.5. The smallest absolute Gasteiger partial charge is 0.264 e. The van der Waals surface area contributed by atoms with E-state index in [-0.39, 0.29) is 23.3 Å². The molecule has 0 saturated carbocycles. The predicted molar refractivity (Wildman–Crippen MR) is 151 cm³/mol. The average Bonchev–Trinajstić information content (AvgIpc) is 2.89. The van der Waals surface area contributed by atoms with Crippen molar-refractivity contribution in [2.75, 3.05) is 17.4 Å². The molecule has 0 aliphatic heterocycles. The van der Waals surface area contributed by atoms with E-state index in [2.05, 4.69) is 5.32 Å². The summed E-state index contributed by atoms with van der Waals surface area (Å²) in [6, 6.07) is 21.2. The van der Waals surface area contributed by atoms with E-state index in [1.54, 1.807) is 74.5 Å². The number of nitrogens with zero attached hydrogens (tertiary/aromatic N) is 2. The van der Waals surface area contributed by atoms with Crippen LogP contribution in [-0.4, -0.2) is 44.3 Å². The highest BCUT2D eigenvalue weighted by molar-refractivity contribution is 7.92. The zero-order chi connectivity index (χ0) is 27.9. The first-order valence-electron chi connectivity index (χ1n) is 12.5. The first-order valence-corrected chi connectivity index (χ1v) is 14.3. The Morgan fingerprint density at radius 1 is 0.921 bits per heavy atom. The molecule has 0 heterocycles. The van der Waals surface area contributed by atoms with Crippen LogP contribution < -0.4 is 9.62 Å². The lowest BCUT2D eigenvalue weighted by atomic mass is 10.1. The van der Waals surface area contributed by atoms with Crippen molar-refractivity contribution in [3.05, 3.63) is 95.0 Å². The molecule has 0 spiro atoms. The minimum absolute atomic E-state index is 0.0696. The number of carbonyl (C=O) groups excluding carboxylic acids is 2. The van der Waals surface area contributed by atoms with Crippen molar-refractivity contribution < 1.29 is 18.0 Å². The van der Waals surface area contributed by atoms with Gasteiger partial charge in [-0.3, -0.25) is 13.9 Å². The molecule has 1 N–H and O–H groups in total. The minimum atomic E-state index is -4.09. The molecule has 3 aromatic rings. The summed E-state index contributed by atoms with van der Waals surface area (Å²) in [5.41, 5.74) is 1.82. The molecule has 3 aromatic carbocycles. The molecule has 0 saturated heterocycles. The second kappa shape index (κ2) is 12.9. The number of nitrogens with one attached hydrogen (secondary N) is 1. The molecule has 0 unspecified atom stereocenters. The molecule has 202 valence electrons. The third-order valence-corrected chi connectivity index (χ3v) is 8.10. The normalized spacial score (nSPS) is 12.2. The van der Waals surface area contributed by atoms with E-state index >= 15 is 0 Å². The lowest BCUT2D eigenvalue weighted by Gasteiger charge is -2.32. The Balaban J connectivity index is 2.01. The summed E-state index contributed by atoms with van der Waals surface area (Å²) in [5.74, 6) is -0.599. The van der Waals surface area contributed by atoms with Crippen LogP contribution in [0.5, 0.6) is 0 Å². The summed E-state index contributed by atoms with van der Waals surface area (Å²) in [6.45, 7) is 7.46. The van der Waals surface area contributed by atoms with Gasteiger partial charge in [0.25, 0.3) is 10.0 Å². The molecule has 0 bridgehead atoms. The van der Waals surface area contributed by atoms with E-state index in [0.717, 1.165) is 9.87 Å². The maximum atomic E-state index is 13.9. The van der Waals surface area contributed by atoms with Crippen molar-refractivity contribution in [3.8, 4) is 0 Å². The molecule has 0 aliphatic rings. The van der Waals surface area contributed by atoms with E-state index in [4.69, 9.17) is 11.6 Å². The van der Waals surface area contributed by atoms with Gasteiger partial charge in [-0.05, 0) is 61.2 Å². The summed E-state index contributed by atoms with van der Waals surface area (Å²) in [7, 11) is -4.09. The van der Waals surface area contributed by atoms with Crippen LogP contribution in [0.1, 0.15) is 31.9 Å². The van der Waals surface area contributed by atoms with Gasteiger partial charge in [-0.1, -0.05) is 74.0 Å². The number of hydrogen-bond acceptors (Lipinski definition) is 4. The molecule has 0 radical (unpaired) electrons. The van der Waals surface area contributed by atoms with Crippen LogP contribution in [0.2, 0.25) is 5.02 Å². The van der Waals surface area contributed by atoms with Crippen molar-refractivity contribution in [1.82, 2.24) is 10.2 Å². The van der Waals surface area contributed by atoms with E-state index < -0.39 is 28.5 Å². The van der Waals surface area contributed by atoms with Gasteiger partial charge < -0.3 is 10.2 Å². The zero-order valence-corrected chi connectivity index (χ0v) is 23.7. The van der Waals surface area contributed by atoms with Gasteiger partial charge in [-0.25, -0.2) is 8.42 Å². The SMILES string of the molecule is Cc1ccccc1N(CC(=O)N(Cc1cccc(Cl)c1)[C@H](C)C(=O)NCC(C)C)S(=O)(=O)c1ccccc1. The molecule has 38 heavy (non-hydrogen) atoms. The van der Waals surface area contributed by atoms with E-state index in [9.17, 15) is 18.0 Å². The Kier molecular flexibility index (Phi) is 9.94. The van der Waals surface area contributed by atoms with Crippen molar-refractivity contribution in [2.45, 2.75) is 45.2 Å². The van der Waals surface area contributed by atoms with Gasteiger partial charge >= 0.3 is 0 Å². The zero-order valence-electron chi connectivity index (χ0n) is 22.1. The molecular weight excluding hydrogens is 522 g/mol. The highest BCUT2D eigenvalue weighted by Gasteiger charge is 2.33. The molecule has 0 fully saturated rings. The van der Waals surface area contributed by atoms with Gasteiger partial charge in [0, 0.05) is 18.1 Å². The van der Waals surface area contributed by atoms with Crippen molar-refractivity contribution in [2.24, 2.45) is 5.92 Å². The Morgan fingerprint density at radius 3 is 2.21 bits per heavy atom. The molecule has 7 nitrogen and oxygen atoms in total. The van der Waals surface area contributed by atoms with Crippen LogP contribution in [0.4, 0.5) is 5.69 Å². The van der Waals surface area contributed by atoms with Gasteiger partial charge in [0.05, 0.1) is 10.6 Å². The Morgan fingerprint density at radius 2 is 1.58 bits per heavy atom. The molecular formula is C29H34ClN3O4S. The Labute approximate surface area is 230 Å². The summed E-state index contributed by atoms with van der Waals surface area (Å²) < 4.78 is 28.7. The molecule has 0 aromatic heterocycles. The summed E-state index contributed by atoms with van der Waals surface area (Å²) >= 11 is 6.17. The fourth-order valence-corrected chi connectivity index (χ4v) is 5.66. The number of aryl methyl sites for hydroxylation is 1. The van der Waals surface area contributed by atoms with E-state index in [1.165, 1.54) is 17.0 Å². The van der Waals surface area contributed by atoms with Crippen LogP contribution in [0.15, 0.2) is 83.8 Å². The van der Waals surface area contributed by atoms with Crippen LogP contribution in [0.25, 0.3) is 0 Å². The quantitative estimate of drug-likeness (QED) is 0.359. The lowest BCUT2D eigenvalue weighted by molar-refractivity contribution is -0.139. The van der Waals surface area contributed by atoms with Crippen LogP contribution >= 0.6 is 11.6 Å². The van der Waals surface area contributed by atoms with Gasteiger partial charge in [0.2, 0.25) is 11.8 Å². The fraction of sp³-hybridized carbons (Fsp3) is 0.310. The highest BCUT2D eigenvalue weighted by Crippen LogP contribution is 2.27. The van der Waals surface area contributed by atoms with Crippen LogP contribution in [0, 0.1) is 12.8 Å². The molecule has 2 amide bonds. The van der Waals surface area contributed by atoms with Crippen molar-refractivity contribution >= 4 is 39.1 Å².